The molecular formula is C19H17ClF3N3O2S2. The lowest BCUT2D eigenvalue weighted by molar-refractivity contribution is -0.137. The zero-order valence-electron chi connectivity index (χ0n) is 16.1. The fourth-order valence-electron chi connectivity index (χ4n) is 3.17. The van der Waals surface area contributed by atoms with Crippen molar-refractivity contribution in [3.8, 4) is 16.5 Å². The van der Waals surface area contributed by atoms with Crippen LogP contribution in [0.2, 0.25) is 5.02 Å². The fourth-order valence-corrected chi connectivity index (χ4v) is 6.56. The molecule has 1 aromatic heterocycles. The van der Waals surface area contributed by atoms with Gasteiger partial charge in [0.25, 0.3) is 0 Å². The summed E-state index contributed by atoms with van der Waals surface area (Å²) in [4.78, 5) is 5.18. The maximum atomic E-state index is 13.3. The van der Waals surface area contributed by atoms with Crippen LogP contribution in [0.3, 0.4) is 0 Å². The zero-order valence-corrected chi connectivity index (χ0v) is 18.5. The van der Waals surface area contributed by atoms with Crippen molar-refractivity contribution < 1.29 is 21.6 Å². The molecule has 0 aliphatic carbocycles. The Morgan fingerprint density at radius 3 is 2.43 bits per heavy atom. The molecule has 2 heterocycles. The number of aliphatic imine (C=N–C) groups is 1. The average molecular weight is 476 g/mol. The van der Waals surface area contributed by atoms with Crippen molar-refractivity contribution in [2.24, 2.45) is 10.7 Å². The van der Waals surface area contributed by atoms with E-state index >= 15 is 0 Å². The van der Waals surface area contributed by atoms with E-state index in [0.717, 1.165) is 23.5 Å². The summed E-state index contributed by atoms with van der Waals surface area (Å²) in [5.41, 5.74) is 3.35. The monoisotopic (exact) mass is 475 g/mol. The van der Waals surface area contributed by atoms with Gasteiger partial charge in [-0.2, -0.15) is 18.4 Å². The van der Waals surface area contributed by atoms with E-state index in [1.54, 1.807) is 6.92 Å². The summed E-state index contributed by atoms with van der Waals surface area (Å²) in [5, 5.41) is 9.14. The molecule has 2 aromatic rings. The van der Waals surface area contributed by atoms with Crippen molar-refractivity contribution in [2.75, 3.05) is 5.75 Å². The van der Waals surface area contributed by atoms with E-state index in [1.807, 2.05) is 0 Å². The fraction of sp³-hybridized carbons (Fsp3) is 0.368. The van der Waals surface area contributed by atoms with Crippen LogP contribution in [0.15, 0.2) is 29.3 Å². The summed E-state index contributed by atoms with van der Waals surface area (Å²) in [7, 11) is -3.67. The number of hydrogen-bond donors (Lipinski definition) is 1. The minimum atomic E-state index is -4.70. The molecule has 3 rings (SSSR count). The van der Waals surface area contributed by atoms with Gasteiger partial charge in [-0.15, -0.1) is 11.3 Å². The van der Waals surface area contributed by atoms with Crippen molar-refractivity contribution in [3.05, 3.63) is 45.3 Å². The summed E-state index contributed by atoms with van der Waals surface area (Å²) in [6, 6.07) is 6.36. The van der Waals surface area contributed by atoms with E-state index in [4.69, 9.17) is 22.6 Å². The minimum Gasteiger partial charge on any atom is -0.386 e. The smallest absolute Gasteiger partial charge is 0.386 e. The Balaban J connectivity index is 2.14. The Labute approximate surface area is 180 Å². The second-order valence-corrected chi connectivity index (χ2v) is 11.7. The lowest BCUT2D eigenvalue weighted by Gasteiger charge is -2.37. The molecule has 0 bridgehead atoms. The van der Waals surface area contributed by atoms with E-state index in [0.29, 0.717) is 9.75 Å². The Bertz CT molecular complexity index is 1210. The normalized spacial score (nSPS) is 22.9. The predicted octanol–water partition coefficient (Wildman–Crippen LogP) is 4.74. The number of halogens is 4. The molecule has 1 aliphatic rings. The van der Waals surface area contributed by atoms with Gasteiger partial charge in [-0.3, -0.25) is 4.99 Å². The van der Waals surface area contributed by atoms with Crippen LogP contribution < -0.4 is 5.73 Å². The van der Waals surface area contributed by atoms with Crippen LogP contribution in [0.5, 0.6) is 0 Å². The highest BCUT2D eigenvalue weighted by atomic mass is 35.5. The standard InChI is InChI=1S/C19H17ClF3N3O2S2/c1-17(2)16(25)26-18(3,9-30(17,27)28)15-13(20)7-14(29-15)10-4-5-11(8-24)12(6-10)19(21,22)23/h4-7H,9H2,1-3H3,(H2,25,26). The van der Waals surface area contributed by atoms with Gasteiger partial charge in [0.05, 0.1) is 32.8 Å². The van der Waals surface area contributed by atoms with Crippen LogP contribution in [0, 0.1) is 11.3 Å². The number of sulfone groups is 1. The first kappa shape index (κ1) is 22.6. The molecule has 160 valence electrons. The van der Waals surface area contributed by atoms with Gasteiger partial charge in [-0.25, -0.2) is 8.42 Å². The number of nitrogens with zero attached hydrogens (tertiary/aromatic N) is 2. The predicted molar refractivity (Wildman–Crippen MR) is 111 cm³/mol. The SMILES string of the molecule is CC1(c2sc(-c3ccc(C#N)c(C(F)(F)F)c3)cc2Cl)CS(=O)(=O)C(C)(C)C(N)=N1. The van der Waals surface area contributed by atoms with Crippen molar-refractivity contribution in [2.45, 2.75) is 37.2 Å². The first-order valence-electron chi connectivity index (χ1n) is 8.62. The number of alkyl halides is 3. The van der Waals surface area contributed by atoms with Crippen LogP contribution in [0.1, 0.15) is 36.8 Å². The highest BCUT2D eigenvalue weighted by Gasteiger charge is 2.50. The third kappa shape index (κ3) is 3.59. The molecule has 5 nitrogen and oxygen atoms in total. The van der Waals surface area contributed by atoms with Crippen LogP contribution in [0.25, 0.3) is 10.4 Å². The van der Waals surface area contributed by atoms with Gasteiger partial charge in [0.15, 0.2) is 9.84 Å². The van der Waals surface area contributed by atoms with Crippen molar-refractivity contribution in [3.63, 3.8) is 0 Å². The molecule has 0 radical (unpaired) electrons. The number of amidine groups is 1. The average Bonchev–Trinajstić information content (AvgIpc) is 3.01. The summed E-state index contributed by atoms with van der Waals surface area (Å²) in [5.74, 6) is -0.394. The largest absolute Gasteiger partial charge is 0.417 e. The molecule has 1 aromatic carbocycles. The van der Waals surface area contributed by atoms with E-state index in [-0.39, 0.29) is 22.2 Å². The van der Waals surface area contributed by atoms with Gasteiger partial charge in [0.2, 0.25) is 0 Å². The van der Waals surface area contributed by atoms with Gasteiger partial charge in [-0.1, -0.05) is 17.7 Å². The molecule has 1 aliphatic heterocycles. The molecular weight excluding hydrogens is 459 g/mol. The van der Waals surface area contributed by atoms with Gasteiger partial charge < -0.3 is 5.73 Å². The van der Waals surface area contributed by atoms with E-state index < -0.39 is 37.4 Å². The van der Waals surface area contributed by atoms with Crippen LogP contribution in [0.4, 0.5) is 13.2 Å². The number of nitrogens with two attached hydrogens (primary N) is 1. The molecule has 1 unspecified atom stereocenters. The van der Waals surface area contributed by atoms with Crippen LogP contribution in [-0.4, -0.2) is 24.8 Å². The first-order chi connectivity index (χ1) is 13.6. The van der Waals surface area contributed by atoms with Crippen molar-refractivity contribution in [1.29, 1.82) is 5.26 Å². The van der Waals surface area contributed by atoms with E-state index in [1.165, 1.54) is 32.0 Å². The molecule has 0 saturated heterocycles. The maximum Gasteiger partial charge on any atom is 0.417 e. The molecule has 0 spiro atoms. The maximum absolute atomic E-state index is 13.3. The number of nitriles is 1. The molecule has 2 N–H and O–H groups in total. The second kappa shape index (κ2) is 6.97. The summed E-state index contributed by atoms with van der Waals surface area (Å²) in [6.45, 7) is 4.52. The van der Waals surface area contributed by atoms with Crippen molar-refractivity contribution in [1.82, 2.24) is 0 Å². The van der Waals surface area contributed by atoms with Gasteiger partial charge in [-0.05, 0) is 44.5 Å². The highest BCUT2D eigenvalue weighted by Crippen LogP contribution is 2.46. The number of benzene rings is 1. The van der Waals surface area contributed by atoms with Crippen molar-refractivity contribution >= 4 is 38.6 Å². The van der Waals surface area contributed by atoms with Gasteiger partial charge in [0, 0.05) is 4.88 Å². The molecule has 0 amide bonds. The van der Waals surface area contributed by atoms with Crippen LogP contribution >= 0.6 is 22.9 Å². The Morgan fingerprint density at radius 1 is 1.27 bits per heavy atom. The second-order valence-electron chi connectivity index (χ2n) is 7.70. The molecule has 11 heteroatoms. The Kier molecular flexibility index (Phi) is 5.25. The van der Waals surface area contributed by atoms with E-state index in [2.05, 4.69) is 4.99 Å². The minimum absolute atomic E-state index is 0.0556. The third-order valence-electron chi connectivity index (χ3n) is 5.14. The highest BCUT2D eigenvalue weighted by molar-refractivity contribution is 7.93. The number of hydrogen-bond acceptors (Lipinski definition) is 6. The zero-order chi connectivity index (χ0) is 22.7. The summed E-state index contributed by atoms with van der Waals surface area (Å²) < 4.78 is 64.1. The topological polar surface area (TPSA) is 96.3 Å². The summed E-state index contributed by atoms with van der Waals surface area (Å²) in [6.07, 6.45) is -4.70. The van der Waals surface area contributed by atoms with Gasteiger partial charge in [0.1, 0.15) is 16.1 Å². The number of rotatable bonds is 2. The van der Waals surface area contributed by atoms with Crippen LogP contribution in [-0.2, 0) is 21.6 Å². The number of thiophene rings is 1. The molecule has 0 fully saturated rings. The third-order valence-corrected chi connectivity index (χ3v) is 9.69. The first-order valence-corrected chi connectivity index (χ1v) is 11.5. The Morgan fingerprint density at radius 2 is 1.90 bits per heavy atom. The Hall–Kier alpha value is -2.09. The van der Waals surface area contributed by atoms with E-state index in [9.17, 15) is 21.6 Å². The molecule has 1 atom stereocenters. The lowest BCUT2D eigenvalue weighted by Crippen LogP contribution is -2.54. The lowest BCUT2D eigenvalue weighted by atomic mass is 10.0. The summed E-state index contributed by atoms with van der Waals surface area (Å²) >= 11 is 7.39. The quantitative estimate of drug-likeness (QED) is 0.678. The van der Waals surface area contributed by atoms with Gasteiger partial charge >= 0.3 is 6.18 Å². The molecule has 0 saturated carbocycles. The molecule has 30 heavy (non-hydrogen) atoms.